The first-order chi connectivity index (χ1) is 49.4. The van der Waals surface area contributed by atoms with E-state index in [1.165, 1.54) is 39.0 Å². The van der Waals surface area contributed by atoms with Gasteiger partial charge >= 0.3 is 5.69 Å². The molecule has 1 amide bonds. The fraction of sp³-hybridized carbons (Fsp3) is 0.410. The number of halogens is 3. The maximum atomic E-state index is 14.1. The summed E-state index contributed by atoms with van der Waals surface area (Å²) >= 11 is 22.9. The fourth-order valence-corrected chi connectivity index (χ4v) is 19.3. The van der Waals surface area contributed by atoms with Crippen LogP contribution in [0.3, 0.4) is 0 Å². The molecule has 1 fully saturated rings. The number of aromatic nitrogens is 2. The number of carbonyl (C=O) groups excluding carboxylic acids is 2. The summed E-state index contributed by atoms with van der Waals surface area (Å²) in [5.41, 5.74) is 6.68. The Morgan fingerprint density at radius 3 is 2.22 bits per heavy atom. The molecule has 6 aliphatic rings. The number of thioether (sulfide) groups is 1. The van der Waals surface area contributed by atoms with Crippen molar-refractivity contribution >= 4 is 84.3 Å². The summed E-state index contributed by atoms with van der Waals surface area (Å²) in [6.07, 6.45) is 11.3. The van der Waals surface area contributed by atoms with Gasteiger partial charge < -0.3 is 52.8 Å². The van der Waals surface area contributed by atoms with Gasteiger partial charge in [-0.2, -0.15) is 5.26 Å². The number of carboxylic acids is 1. The van der Waals surface area contributed by atoms with Gasteiger partial charge in [0, 0.05) is 106 Å². The molecular weight excluding hydrogens is 1400 g/mol. The monoisotopic (exact) mass is 1480 g/mol. The lowest BCUT2D eigenvalue weighted by atomic mass is 9.80. The normalized spacial score (nSPS) is 18.1. The number of methoxy groups -OCH3 is 2. The third-order valence-electron chi connectivity index (χ3n) is 20.0. The van der Waals surface area contributed by atoms with Crippen LogP contribution in [-0.4, -0.2) is 116 Å². The number of nitrogens with one attached hydrogen (secondary N) is 2. The number of nitriles is 1. The van der Waals surface area contributed by atoms with Gasteiger partial charge in [-0.25, -0.2) is 14.0 Å². The summed E-state index contributed by atoms with van der Waals surface area (Å²) < 4.78 is 52.3. The third kappa shape index (κ3) is 14.4. The summed E-state index contributed by atoms with van der Waals surface area (Å²) in [4.78, 5) is 60.8. The van der Waals surface area contributed by atoms with E-state index in [4.69, 9.17) is 67.5 Å². The number of anilines is 1. The van der Waals surface area contributed by atoms with Crippen LogP contribution in [-0.2, 0) is 54.6 Å². The minimum absolute atomic E-state index is 0.0167. The van der Waals surface area contributed by atoms with E-state index in [-0.39, 0.29) is 87.1 Å². The molecule has 4 unspecified atom stereocenters. The molecule has 4 atom stereocenters. The molecule has 1 saturated heterocycles. The Balaban J connectivity index is 0.792. The smallest absolute Gasteiger partial charge is 0.330 e. The second-order valence-electron chi connectivity index (χ2n) is 27.0. The second-order valence-corrected chi connectivity index (χ2v) is 30.5. The van der Waals surface area contributed by atoms with Gasteiger partial charge in [-0.05, 0) is 138 Å². The van der Waals surface area contributed by atoms with Crippen molar-refractivity contribution in [1.82, 2.24) is 24.1 Å². The zero-order chi connectivity index (χ0) is 71.5. The van der Waals surface area contributed by atoms with Crippen molar-refractivity contribution in [2.45, 2.75) is 146 Å². The summed E-state index contributed by atoms with van der Waals surface area (Å²) in [6.45, 7) is 11.9. The standard InChI is InChI=1S/C78H83Cl3N7O12PS/c1-46(2)88(47(3)4)101(97-39-17-33-82)100-60-42-63(98-61(60)44-96-78(51-21-8-7-9-22-51,52-25-29-54(94-5)30-26-52)53-27-31-55(95-6)32-28-53)87-43-50(75(90)84-77(87)93)20-14-34-83-62(89)45-102-74-68(80)65(66(76(91)92)67(79)69(74)81)64-58-40-48-18-10-12-35-85-37-15-23-56(70(48)85)72(58)99-73-57-24-16-38-86-36-13-11-19-49(71(57)86)41-59(64)73/h7-9,14,20-22,25-32,40-41,43,46-47,60-61,63H,10-13,15-19,23-24,34-39,42,44-45H2,1-6H3,(H2-,83,84,89,90,91,92,93)/b20-14+. The van der Waals surface area contributed by atoms with Crippen molar-refractivity contribution in [3.63, 3.8) is 0 Å². The number of H-pyrrole nitrogens is 1. The number of fused-ring (bicyclic) bond motifs is 4. The molecule has 534 valence electrons. The van der Waals surface area contributed by atoms with E-state index in [0.29, 0.717) is 28.6 Å². The molecule has 102 heavy (non-hydrogen) atoms. The predicted octanol–water partition coefficient (Wildman–Crippen LogP) is 12.0. The highest BCUT2D eigenvalue weighted by Gasteiger charge is 2.46. The molecule has 6 aromatic carbocycles. The van der Waals surface area contributed by atoms with Crippen LogP contribution in [0.5, 0.6) is 23.0 Å². The van der Waals surface area contributed by atoms with Crippen molar-refractivity contribution in [1.29, 1.82) is 5.26 Å². The number of hydrogen-bond acceptors (Lipinski definition) is 16. The van der Waals surface area contributed by atoms with Crippen LogP contribution >= 0.6 is 55.1 Å². The molecule has 0 bridgehead atoms. The fourth-order valence-electron chi connectivity index (χ4n) is 15.5. The number of aryl methyl sites for hydroxylation is 2. The molecule has 24 heteroatoms. The van der Waals surface area contributed by atoms with Crippen molar-refractivity contribution in [3.8, 4) is 29.1 Å². The average molecular weight is 1480 g/mol. The van der Waals surface area contributed by atoms with Crippen molar-refractivity contribution in [2.75, 3.05) is 70.8 Å². The number of hydrogen-bond donors (Lipinski definition) is 2. The van der Waals surface area contributed by atoms with Gasteiger partial charge in [-0.15, -0.1) is 11.8 Å². The second kappa shape index (κ2) is 31.8. The SMILES string of the molecule is COc1ccc(C(OCC2OC(n3cc(/C=C/CNC(=O)CSc4c(Cl)c(Cl)c(C(=O)[O-])c(C5=c6cc7c8c(c6Oc6c5cc5c9c6CCCN9CCCC5)CCC[N+]=8CCCC7)c4Cl)c(=O)[nH]c3=O)CC2OP(OCCC#N)N(C(C)C)C(C)C)(c2ccccc2)c2ccc(OC)cc2)cc1. The zero-order valence-electron chi connectivity index (χ0n) is 58.0. The largest absolute Gasteiger partial charge is 0.545 e. The van der Waals surface area contributed by atoms with Gasteiger partial charge in [0.1, 0.15) is 54.0 Å². The van der Waals surface area contributed by atoms with Crippen LogP contribution in [0, 0.1) is 11.3 Å². The molecule has 0 radical (unpaired) electrons. The van der Waals surface area contributed by atoms with Gasteiger partial charge in [0.15, 0.2) is 0 Å². The highest BCUT2D eigenvalue weighted by atomic mass is 35.5. The van der Waals surface area contributed by atoms with Crippen LogP contribution in [0.2, 0.25) is 15.1 Å². The Morgan fingerprint density at radius 1 is 0.843 bits per heavy atom. The van der Waals surface area contributed by atoms with E-state index in [1.54, 1.807) is 20.3 Å². The molecule has 0 saturated carbocycles. The minimum atomic E-state index is -1.83. The van der Waals surface area contributed by atoms with E-state index in [0.717, 1.165) is 141 Å². The number of nitrogens with zero attached hydrogens (tertiary/aromatic N) is 5. The summed E-state index contributed by atoms with van der Waals surface area (Å²) in [5, 5.41) is 27.8. The van der Waals surface area contributed by atoms with Crippen molar-refractivity contribution in [3.05, 3.63) is 211 Å². The third-order valence-corrected chi connectivity index (χ3v) is 24.7. The van der Waals surface area contributed by atoms with Gasteiger partial charge in [-0.3, -0.25) is 19.1 Å². The molecule has 7 heterocycles. The lowest BCUT2D eigenvalue weighted by molar-refractivity contribution is -0.255. The van der Waals surface area contributed by atoms with Gasteiger partial charge in [0.05, 0.1) is 83.9 Å². The van der Waals surface area contributed by atoms with Crippen molar-refractivity contribution in [2.24, 2.45) is 0 Å². The Bertz CT molecular complexity index is 4630. The molecule has 0 aliphatic carbocycles. The lowest BCUT2D eigenvalue weighted by Gasteiger charge is -2.39. The molecule has 7 aromatic rings. The number of benzene rings is 6. The van der Waals surface area contributed by atoms with E-state index < -0.39 is 55.7 Å². The minimum Gasteiger partial charge on any atom is -0.545 e. The van der Waals surface area contributed by atoms with Gasteiger partial charge in [-0.1, -0.05) is 102 Å². The number of aromatic carboxylic acids is 1. The van der Waals surface area contributed by atoms with Crippen LogP contribution < -0.4 is 55.9 Å². The van der Waals surface area contributed by atoms with Crippen LogP contribution in [0.15, 0.2) is 118 Å². The van der Waals surface area contributed by atoms with Crippen LogP contribution in [0.25, 0.3) is 11.6 Å². The van der Waals surface area contributed by atoms with E-state index in [1.807, 2.05) is 107 Å². The first-order valence-corrected chi connectivity index (χ1v) is 38.3. The van der Waals surface area contributed by atoms with E-state index >= 15 is 0 Å². The molecule has 6 aliphatic heterocycles. The maximum Gasteiger partial charge on any atom is 0.330 e. The maximum absolute atomic E-state index is 14.1. The number of rotatable bonds is 25. The van der Waals surface area contributed by atoms with Crippen LogP contribution in [0.4, 0.5) is 5.69 Å². The van der Waals surface area contributed by atoms with Gasteiger partial charge in [0.25, 0.3) is 14.1 Å². The quantitative estimate of drug-likeness (QED) is 0.0136. The highest BCUT2D eigenvalue weighted by Crippen LogP contribution is 2.54. The Morgan fingerprint density at radius 2 is 1.52 bits per heavy atom. The lowest BCUT2D eigenvalue weighted by Crippen LogP contribution is -2.41. The Hall–Kier alpha value is -7.51. The number of amides is 1. The zero-order valence-corrected chi connectivity index (χ0v) is 62.0. The molecule has 0 spiro atoms. The van der Waals surface area contributed by atoms with Crippen molar-refractivity contribution < 1.29 is 47.4 Å². The molecule has 2 N–H and O–H groups in total. The predicted molar refractivity (Wildman–Crippen MR) is 396 cm³/mol. The van der Waals surface area contributed by atoms with E-state index in [9.17, 15) is 29.5 Å². The first kappa shape index (κ1) is 72.8. The summed E-state index contributed by atoms with van der Waals surface area (Å²) in [6, 6.07) is 31.6. The number of ether oxygens (including phenoxy) is 5. The number of carboxylic acid groups (broad SMARTS) is 1. The molecule has 19 nitrogen and oxygen atoms in total. The summed E-state index contributed by atoms with van der Waals surface area (Å²) in [7, 11) is 1.38. The van der Waals surface area contributed by atoms with E-state index in [2.05, 4.69) is 42.6 Å². The molecular formula is C78H83Cl3N7O12PS. The van der Waals surface area contributed by atoms with Crippen LogP contribution in [0.1, 0.15) is 151 Å². The molecule has 1 aromatic heterocycles. The first-order valence-electron chi connectivity index (χ1n) is 35.1. The highest BCUT2D eigenvalue weighted by molar-refractivity contribution is 8.00. The Kier molecular flexibility index (Phi) is 22.7. The number of aromatic amines is 1. The Labute approximate surface area is 613 Å². The summed E-state index contributed by atoms with van der Waals surface area (Å²) in [5.74, 6) is 0.485. The number of carbonyl (C=O) groups is 2. The molecule has 13 rings (SSSR count). The van der Waals surface area contributed by atoms with Gasteiger partial charge in [0.2, 0.25) is 11.3 Å². The topological polar surface area (TPSA) is 222 Å². The average Bonchev–Trinajstić information content (AvgIpc) is 0.826.